The molecule has 7 nitrogen and oxygen atoms in total. The van der Waals surface area contributed by atoms with Crippen LogP contribution in [0.15, 0.2) is 53.4 Å². The normalized spacial score (nSPS) is 27.9. The van der Waals surface area contributed by atoms with Crippen LogP contribution in [-0.2, 0) is 34.6 Å². The maximum atomic E-state index is 14.7. The van der Waals surface area contributed by atoms with E-state index < -0.39 is 78.3 Å². The first-order chi connectivity index (χ1) is 20.2. The number of hydrogen-bond acceptors (Lipinski definition) is 5. The number of nitrogens with zero attached hydrogens (tertiary/aromatic N) is 1. The van der Waals surface area contributed by atoms with Crippen LogP contribution >= 0.6 is 0 Å². The predicted molar refractivity (Wildman–Crippen MR) is 135 cm³/mol. The molecule has 1 saturated carbocycles. The van der Waals surface area contributed by atoms with Gasteiger partial charge in [0, 0.05) is 18.7 Å². The van der Waals surface area contributed by atoms with Gasteiger partial charge in [0.05, 0.1) is 16.9 Å². The van der Waals surface area contributed by atoms with Gasteiger partial charge in [0.15, 0.2) is 9.84 Å². The first kappa shape index (κ1) is 32.1. The molecule has 1 N–H and O–H groups in total. The van der Waals surface area contributed by atoms with Crippen molar-refractivity contribution in [2.45, 2.75) is 65.4 Å². The molecule has 0 radical (unpaired) electrons. The van der Waals surface area contributed by atoms with E-state index in [0.717, 1.165) is 29.2 Å². The van der Waals surface area contributed by atoms with Crippen LogP contribution in [0.3, 0.4) is 0 Å². The zero-order valence-electron chi connectivity index (χ0n) is 22.6. The number of benzene rings is 2. The van der Waals surface area contributed by atoms with Gasteiger partial charge in [-0.1, -0.05) is 24.3 Å². The monoisotopic (exact) mass is 655 g/mol. The number of carbonyl (C=O) groups excluding carboxylic acids is 1. The Bertz CT molecular complexity index is 1530. The van der Waals surface area contributed by atoms with E-state index >= 15 is 0 Å². The van der Waals surface area contributed by atoms with Crippen LogP contribution in [0.5, 0.6) is 0 Å². The van der Waals surface area contributed by atoms with E-state index in [9.17, 15) is 58.2 Å². The molecule has 4 aliphatic rings. The summed E-state index contributed by atoms with van der Waals surface area (Å²) in [7, 11) is -4.63. The second kappa shape index (κ2) is 10.1. The smallest absolute Gasteiger partial charge is 0.435 e. The summed E-state index contributed by atoms with van der Waals surface area (Å²) < 4.78 is 140. The van der Waals surface area contributed by atoms with Crippen LogP contribution in [-0.4, -0.2) is 68.0 Å². The molecule has 0 aromatic heterocycles. The number of likely N-dealkylation sites (tertiary alicyclic amines) is 1. The van der Waals surface area contributed by atoms with E-state index in [-0.39, 0.29) is 63.0 Å². The minimum atomic E-state index is -6.39. The molecule has 240 valence electrons. The van der Waals surface area contributed by atoms with Crippen molar-refractivity contribution >= 4 is 21.7 Å². The minimum Gasteiger partial charge on any atom is -0.481 e. The molecule has 2 aromatic rings. The average Bonchev–Trinajstić information content (AvgIpc) is 3.44. The molecule has 1 amide bonds. The molecule has 16 heteroatoms. The van der Waals surface area contributed by atoms with E-state index in [1.54, 1.807) is 0 Å². The van der Waals surface area contributed by atoms with E-state index in [2.05, 4.69) is 0 Å². The van der Waals surface area contributed by atoms with Gasteiger partial charge >= 0.3 is 24.0 Å². The van der Waals surface area contributed by atoms with Crippen molar-refractivity contribution in [1.82, 2.24) is 4.90 Å². The van der Waals surface area contributed by atoms with Crippen molar-refractivity contribution in [2.75, 3.05) is 19.7 Å². The highest BCUT2D eigenvalue weighted by Crippen LogP contribution is 2.54. The molecule has 1 unspecified atom stereocenters. The zero-order chi connectivity index (χ0) is 32.6. The third kappa shape index (κ3) is 4.58. The minimum absolute atomic E-state index is 0.0362. The maximum Gasteiger partial charge on any atom is 0.435 e. The Labute approximate surface area is 245 Å². The number of fused-ring (bicyclic) bond motifs is 3. The number of rotatable bonds is 6. The second-order valence-corrected chi connectivity index (χ2v) is 13.8. The van der Waals surface area contributed by atoms with Gasteiger partial charge in [-0.2, -0.15) is 26.3 Å². The number of carbonyl (C=O) groups is 2. The number of sulfone groups is 1. The van der Waals surface area contributed by atoms with Crippen molar-refractivity contribution < 1.29 is 63.0 Å². The number of halogens is 8. The average molecular weight is 656 g/mol. The highest BCUT2D eigenvalue weighted by molar-refractivity contribution is 7.92. The van der Waals surface area contributed by atoms with E-state index in [1.807, 2.05) is 0 Å². The molecule has 2 aromatic carbocycles. The summed E-state index contributed by atoms with van der Waals surface area (Å²) in [5.74, 6) is -2.49. The van der Waals surface area contributed by atoms with Gasteiger partial charge < -0.3 is 14.7 Å². The first-order valence-corrected chi connectivity index (χ1v) is 14.8. The molecule has 0 spiro atoms. The summed E-state index contributed by atoms with van der Waals surface area (Å²) in [6.07, 6.45) is -12.8. The van der Waals surface area contributed by atoms with Crippen molar-refractivity contribution in [3.8, 4) is 0 Å². The molecule has 1 aliphatic carbocycles. The third-order valence-corrected chi connectivity index (χ3v) is 11.7. The van der Waals surface area contributed by atoms with Gasteiger partial charge in [-0.05, 0) is 61.9 Å². The number of alkyl halides is 7. The molecule has 6 rings (SSSR count). The van der Waals surface area contributed by atoms with Gasteiger partial charge in [-0.3, -0.25) is 9.59 Å². The van der Waals surface area contributed by atoms with Crippen molar-refractivity contribution in [3.63, 3.8) is 0 Å². The van der Waals surface area contributed by atoms with E-state index in [4.69, 9.17) is 4.74 Å². The molecule has 3 aliphatic heterocycles. The Hall–Kier alpha value is -3.27. The highest BCUT2D eigenvalue weighted by atomic mass is 32.2. The maximum absolute atomic E-state index is 14.7. The summed E-state index contributed by atoms with van der Waals surface area (Å²) in [4.78, 5) is 26.3. The molecule has 44 heavy (non-hydrogen) atoms. The molecule has 3 heterocycles. The predicted octanol–water partition coefficient (Wildman–Crippen LogP) is 5.43. The lowest BCUT2D eigenvalue weighted by molar-refractivity contribution is -0.348. The lowest BCUT2D eigenvalue weighted by Gasteiger charge is -2.50. The second-order valence-electron chi connectivity index (χ2n) is 11.5. The zero-order valence-corrected chi connectivity index (χ0v) is 23.5. The number of carboxylic acid groups (broad SMARTS) is 1. The quantitative estimate of drug-likeness (QED) is 0.329. The Balaban J connectivity index is 1.55. The van der Waals surface area contributed by atoms with Gasteiger partial charge in [-0.15, -0.1) is 0 Å². The van der Waals surface area contributed by atoms with Crippen LogP contribution in [0, 0.1) is 11.2 Å². The standard InChI is InChI=1S/C28H25F8NO6S/c29-19-5-7-20(8-6-19)44(41,42)25(17-1-3-18(4-2-17)26(30,27(31,32)33)28(34,35)36)13-14-37(15-25)21(38)24-11-9-23(10-12-24,16-43-24)22(39)40/h1-8H,9-16H2,(H,39,40). The van der Waals surface area contributed by atoms with Gasteiger partial charge in [-0.25, -0.2) is 17.2 Å². The van der Waals surface area contributed by atoms with Crippen molar-refractivity contribution in [1.29, 1.82) is 0 Å². The highest BCUT2D eigenvalue weighted by Gasteiger charge is 2.73. The fourth-order valence-electron chi connectivity index (χ4n) is 6.43. The molecular weight excluding hydrogens is 630 g/mol. The molecule has 4 fully saturated rings. The molecule has 1 atom stereocenters. The summed E-state index contributed by atoms with van der Waals surface area (Å²) in [6.45, 7) is -1.08. The summed E-state index contributed by atoms with van der Waals surface area (Å²) in [6, 6.07) is 5.26. The molecular formula is C28H25F8NO6S. The van der Waals surface area contributed by atoms with Gasteiger partial charge in [0.1, 0.15) is 16.2 Å². The number of hydrogen-bond donors (Lipinski definition) is 1. The number of carboxylic acids is 1. The van der Waals surface area contributed by atoms with Gasteiger partial charge in [0.25, 0.3) is 5.91 Å². The fraction of sp³-hybridized carbons (Fsp3) is 0.500. The third-order valence-electron chi connectivity index (χ3n) is 9.23. The lowest BCUT2D eigenvalue weighted by Crippen LogP contribution is -2.61. The van der Waals surface area contributed by atoms with Crippen molar-refractivity contribution in [2.24, 2.45) is 5.41 Å². The Morgan fingerprint density at radius 1 is 0.818 bits per heavy atom. The fourth-order valence-corrected chi connectivity index (χ4v) is 8.51. The van der Waals surface area contributed by atoms with Crippen LogP contribution in [0.2, 0.25) is 0 Å². The van der Waals surface area contributed by atoms with Crippen LogP contribution in [0.1, 0.15) is 43.2 Å². The topological polar surface area (TPSA) is 101 Å². The van der Waals surface area contributed by atoms with Gasteiger partial charge in [0.2, 0.25) is 0 Å². The van der Waals surface area contributed by atoms with E-state index in [0.29, 0.717) is 12.1 Å². The first-order valence-electron chi connectivity index (χ1n) is 13.4. The summed E-state index contributed by atoms with van der Waals surface area (Å²) in [5, 5.41) is 9.60. The van der Waals surface area contributed by atoms with Crippen LogP contribution < -0.4 is 0 Å². The van der Waals surface area contributed by atoms with Crippen LogP contribution in [0.25, 0.3) is 0 Å². The van der Waals surface area contributed by atoms with E-state index in [1.165, 1.54) is 0 Å². The largest absolute Gasteiger partial charge is 0.481 e. The van der Waals surface area contributed by atoms with Crippen molar-refractivity contribution in [3.05, 3.63) is 65.5 Å². The molecule has 2 bridgehead atoms. The lowest BCUT2D eigenvalue weighted by atomic mass is 9.65. The SMILES string of the molecule is O=C(O)C12CCC(C(=O)N3CCC(c4ccc(C(F)(C(F)(F)F)C(F)(F)F)cc4)(S(=O)(=O)c4ccc(F)cc4)C3)(CC1)OC2. The summed E-state index contributed by atoms with van der Waals surface area (Å²) in [5.41, 5.74) is -10.5. The number of ether oxygens (including phenoxy) is 1. The Morgan fingerprint density at radius 2 is 1.36 bits per heavy atom. The summed E-state index contributed by atoms with van der Waals surface area (Å²) >= 11 is 0. The Kier molecular flexibility index (Phi) is 7.39. The number of amides is 1. The van der Waals surface area contributed by atoms with Crippen LogP contribution in [0.4, 0.5) is 35.1 Å². The Morgan fingerprint density at radius 3 is 1.82 bits per heavy atom. The molecule has 3 saturated heterocycles. The number of aliphatic carboxylic acids is 1.